The van der Waals surface area contributed by atoms with Gasteiger partial charge >= 0.3 is 0 Å². The van der Waals surface area contributed by atoms with Gasteiger partial charge in [-0.1, -0.05) is 30.3 Å². The van der Waals surface area contributed by atoms with E-state index in [1.165, 1.54) is 31.1 Å². The summed E-state index contributed by atoms with van der Waals surface area (Å²) in [7, 11) is 3.05. The predicted octanol–water partition coefficient (Wildman–Crippen LogP) is 3.08. The van der Waals surface area contributed by atoms with Gasteiger partial charge in [0, 0.05) is 11.8 Å². The van der Waals surface area contributed by atoms with Crippen LogP contribution in [0.25, 0.3) is 0 Å². The number of aromatic nitrogens is 1. The van der Waals surface area contributed by atoms with E-state index in [0.29, 0.717) is 36.0 Å². The van der Waals surface area contributed by atoms with Gasteiger partial charge in [0.05, 0.1) is 33.6 Å². The van der Waals surface area contributed by atoms with E-state index < -0.39 is 11.5 Å². The highest BCUT2D eigenvalue weighted by molar-refractivity contribution is 5.94. The van der Waals surface area contributed by atoms with E-state index in [2.05, 4.69) is 10.5 Å². The molecule has 0 spiro atoms. The van der Waals surface area contributed by atoms with Crippen LogP contribution in [0.4, 0.5) is 0 Å². The standard InChI is InChI=1S/C24H25N3O5/c1-4-32-22-20(30-2)13-18(14-21(22)31-3)15-25-26-23(28)19-11-8-12-27(24(19)29)16-17-9-6-5-7-10-17/h5-15H,4,16H2,1-3H3,(H,26,28)/b25-15-. The topological polar surface area (TPSA) is 91.1 Å². The molecule has 0 fully saturated rings. The average Bonchev–Trinajstić information content (AvgIpc) is 2.81. The molecule has 1 aromatic heterocycles. The highest BCUT2D eigenvalue weighted by atomic mass is 16.5. The van der Waals surface area contributed by atoms with E-state index in [0.717, 1.165) is 5.56 Å². The normalized spacial score (nSPS) is 10.7. The fraction of sp³-hybridized carbons (Fsp3) is 0.208. The molecule has 0 radical (unpaired) electrons. The fourth-order valence-corrected chi connectivity index (χ4v) is 3.10. The summed E-state index contributed by atoms with van der Waals surface area (Å²) in [6.07, 6.45) is 3.08. The van der Waals surface area contributed by atoms with Gasteiger partial charge in [-0.3, -0.25) is 9.59 Å². The minimum absolute atomic E-state index is 0.00226. The van der Waals surface area contributed by atoms with Gasteiger partial charge in [0.2, 0.25) is 5.75 Å². The SMILES string of the molecule is CCOc1c(OC)cc(/C=N\NC(=O)c2cccn(Cc3ccccc3)c2=O)cc1OC. The molecule has 0 aliphatic heterocycles. The minimum Gasteiger partial charge on any atom is -0.493 e. The Labute approximate surface area is 186 Å². The Morgan fingerprint density at radius 3 is 2.38 bits per heavy atom. The molecule has 8 nitrogen and oxygen atoms in total. The van der Waals surface area contributed by atoms with Crippen molar-refractivity contribution in [3.8, 4) is 17.2 Å². The second-order valence-corrected chi connectivity index (χ2v) is 6.73. The lowest BCUT2D eigenvalue weighted by Crippen LogP contribution is -2.30. The second-order valence-electron chi connectivity index (χ2n) is 6.73. The van der Waals surface area contributed by atoms with E-state index in [1.54, 1.807) is 24.4 Å². The van der Waals surface area contributed by atoms with Crippen LogP contribution in [-0.4, -0.2) is 37.5 Å². The molecule has 2 aromatic carbocycles. The third-order valence-electron chi connectivity index (χ3n) is 4.61. The van der Waals surface area contributed by atoms with Crippen molar-refractivity contribution in [3.05, 3.63) is 87.8 Å². The number of pyridine rings is 1. The Bertz CT molecular complexity index is 1130. The van der Waals surface area contributed by atoms with Crippen LogP contribution in [0.2, 0.25) is 0 Å². The lowest BCUT2D eigenvalue weighted by molar-refractivity contribution is 0.0953. The van der Waals surface area contributed by atoms with Crippen LogP contribution in [0.15, 0.2) is 70.7 Å². The van der Waals surface area contributed by atoms with Crippen molar-refractivity contribution in [1.82, 2.24) is 9.99 Å². The summed E-state index contributed by atoms with van der Waals surface area (Å²) in [4.78, 5) is 25.3. The molecule has 0 atom stereocenters. The third kappa shape index (κ3) is 5.34. The molecule has 0 saturated carbocycles. The monoisotopic (exact) mass is 435 g/mol. The van der Waals surface area contributed by atoms with Crippen LogP contribution in [0.1, 0.15) is 28.4 Å². The smallest absolute Gasteiger partial charge is 0.276 e. The Hall–Kier alpha value is -4.07. The fourth-order valence-electron chi connectivity index (χ4n) is 3.10. The molecule has 0 unspecified atom stereocenters. The van der Waals surface area contributed by atoms with Crippen molar-refractivity contribution in [3.63, 3.8) is 0 Å². The number of hydrogen-bond donors (Lipinski definition) is 1. The van der Waals surface area contributed by atoms with E-state index in [1.807, 2.05) is 37.3 Å². The van der Waals surface area contributed by atoms with Gasteiger partial charge in [0.15, 0.2) is 11.5 Å². The summed E-state index contributed by atoms with van der Waals surface area (Å²) in [6.45, 7) is 2.69. The molecule has 32 heavy (non-hydrogen) atoms. The van der Waals surface area contributed by atoms with E-state index in [9.17, 15) is 9.59 Å². The average molecular weight is 435 g/mol. The van der Waals surface area contributed by atoms with Gasteiger partial charge in [-0.05, 0) is 36.8 Å². The van der Waals surface area contributed by atoms with Gasteiger partial charge in [0.25, 0.3) is 11.5 Å². The molecule has 1 amide bonds. The van der Waals surface area contributed by atoms with Gasteiger partial charge in [-0.25, -0.2) is 5.43 Å². The van der Waals surface area contributed by atoms with Gasteiger partial charge in [0.1, 0.15) is 5.56 Å². The first-order valence-corrected chi connectivity index (χ1v) is 10.0. The molecule has 166 valence electrons. The molecule has 0 aliphatic rings. The number of nitrogens with one attached hydrogen (secondary N) is 1. The predicted molar refractivity (Wildman–Crippen MR) is 122 cm³/mol. The Morgan fingerprint density at radius 2 is 1.75 bits per heavy atom. The molecule has 1 heterocycles. The largest absolute Gasteiger partial charge is 0.493 e. The molecule has 1 N–H and O–H groups in total. The van der Waals surface area contributed by atoms with E-state index in [-0.39, 0.29) is 5.56 Å². The Kier molecular flexibility index (Phi) is 7.64. The summed E-state index contributed by atoms with van der Waals surface area (Å²) in [5.41, 5.74) is 3.59. The molecular formula is C24H25N3O5. The molecule has 0 aliphatic carbocycles. The number of hydrogen-bond acceptors (Lipinski definition) is 6. The van der Waals surface area contributed by atoms with E-state index >= 15 is 0 Å². The maximum absolute atomic E-state index is 12.7. The molecular weight excluding hydrogens is 410 g/mol. The van der Waals surface area contributed by atoms with Crippen LogP contribution in [0.5, 0.6) is 17.2 Å². The number of rotatable bonds is 9. The van der Waals surface area contributed by atoms with Crippen molar-refractivity contribution < 1.29 is 19.0 Å². The zero-order chi connectivity index (χ0) is 22.9. The quantitative estimate of drug-likeness (QED) is 0.412. The van der Waals surface area contributed by atoms with Crippen molar-refractivity contribution in [2.45, 2.75) is 13.5 Å². The highest BCUT2D eigenvalue weighted by Crippen LogP contribution is 2.38. The van der Waals surface area contributed by atoms with Crippen molar-refractivity contribution >= 4 is 12.1 Å². The summed E-state index contributed by atoms with van der Waals surface area (Å²) in [5.74, 6) is 0.845. The summed E-state index contributed by atoms with van der Waals surface area (Å²) < 4.78 is 17.8. The van der Waals surface area contributed by atoms with Crippen LogP contribution in [0, 0.1) is 0 Å². The first kappa shape index (κ1) is 22.6. The summed E-state index contributed by atoms with van der Waals surface area (Å²) >= 11 is 0. The van der Waals surface area contributed by atoms with Gasteiger partial charge in [-0.15, -0.1) is 0 Å². The van der Waals surface area contributed by atoms with Crippen molar-refractivity contribution in [2.75, 3.05) is 20.8 Å². The zero-order valence-corrected chi connectivity index (χ0v) is 18.2. The molecule has 0 saturated heterocycles. The number of amides is 1. The lowest BCUT2D eigenvalue weighted by atomic mass is 10.2. The molecule has 3 rings (SSSR count). The number of nitrogens with zero attached hydrogens (tertiary/aromatic N) is 2. The first-order chi connectivity index (χ1) is 15.6. The number of carbonyl (C=O) groups is 1. The third-order valence-corrected chi connectivity index (χ3v) is 4.61. The van der Waals surface area contributed by atoms with Crippen molar-refractivity contribution in [1.29, 1.82) is 0 Å². The lowest BCUT2D eigenvalue weighted by Gasteiger charge is -2.14. The number of hydrazone groups is 1. The summed E-state index contributed by atoms with van der Waals surface area (Å²) in [5, 5.41) is 3.97. The van der Waals surface area contributed by atoms with Crippen LogP contribution < -0.4 is 25.2 Å². The minimum atomic E-state index is -0.599. The number of carbonyl (C=O) groups excluding carboxylic acids is 1. The first-order valence-electron chi connectivity index (χ1n) is 10.0. The molecule has 0 bridgehead atoms. The number of benzene rings is 2. The van der Waals surface area contributed by atoms with Crippen LogP contribution >= 0.6 is 0 Å². The maximum Gasteiger partial charge on any atom is 0.276 e. The highest BCUT2D eigenvalue weighted by Gasteiger charge is 2.14. The number of methoxy groups -OCH3 is 2. The molecule has 8 heteroatoms. The van der Waals surface area contributed by atoms with E-state index in [4.69, 9.17) is 14.2 Å². The summed E-state index contributed by atoms with van der Waals surface area (Å²) in [6, 6.07) is 16.1. The van der Waals surface area contributed by atoms with Gasteiger partial charge in [-0.2, -0.15) is 5.10 Å². The van der Waals surface area contributed by atoms with Crippen LogP contribution in [0.3, 0.4) is 0 Å². The van der Waals surface area contributed by atoms with Crippen molar-refractivity contribution in [2.24, 2.45) is 5.10 Å². The zero-order valence-electron chi connectivity index (χ0n) is 18.2. The maximum atomic E-state index is 12.7. The van der Waals surface area contributed by atoms with Gasteiger partial charge < -0.3 is 18.8 Å². The van der Waals surface area contributed by atoms with Crippen LogP contribution in [-0.2, 0) is 6.54 Å². The number of ether oxygens (including phenoxy) is 3. The Morgan fingerprint density at radius 1 is 1.06 bits per heavy atom. The molecule has 3 aromatic rings. The second kappa shape index (κ2) is 10.8. The Balaban J connectivity index is 1.76.